The van der Waals surface area contributed by atoms with Crippen molar-refractivity contribution in [2.75, 3.05) is 7.11 Å². The van der Waals surface area contributed by atoms with Gasteiger partial charge >= 0.3 is 6.36 Å². The largest absolute Gasteiger partial charge is 0.574 e. The number of hydrogen-bond donors (Lipinski definition) is 1. The van der Waals surface area contributed by atoms with E-state index in [1.807, 2.05) is 4.98 Å². The summed E-state index contributed by atoms with van der Waals surface area (Å²) in [6.07, 6.45) is -4.85. The molecule has 0 aliphatic heterocycles. The van der Waals surface area contributed by atoms with Crippen LogP contribution < -0.4 is 15.0 Å². The molecule has 0 bridgehead atoms. The SMILES string of the molecule is COc1cc(=O)[nH]c(OC(F)(F)F)c1I. The predicted molar refractivity (Wildman–Crippen MR) is 53.0 cm³/mol. The fourth-order valence-corrected chi connectivity index (χ4v) is 1.45. The topological polar surface area (TPSA) is 51.3 Å². The van der Waals surface area contributed by atoms with Crippen molar-refractivity contribution in [1.82, 2.24) is 4.98 Å². The van der Waals surface area contributed by atoms with Gasteiger partial charge in [-0.05, 0) is 22.6 Å². The Labute approximate surface area is 95.5 Å². The lowest BCUT2D eigenvalue weighted by Gasteiger charge is -2.11. The summed E-state index contributed by atoms with van der Waals surface area (Å²) in [4.78, 5) is 12.8. The molecule has 1 aromatic heterocycles. The van der Waals surface area contributed by atoms with Crippen LogP contribution >= 0.6 is 22.6 Å². The fourth-order valence-electron chi connectivity index (χ4n) is 0.832. The van der Waals surface area contributed by atoms with Crippen LogP contribution in [0.5, 0.6) is 11.6 Å². The van der Waals surface area contributed by atoms with Crippen molar-refractivity contribution in [3.05, 3.63) is 20.0 Å². The van der Waals surface area contributed by atoms with Crippen molar-refractivity contribution in [1.29, 1.82) is 0 Å². The zero-order chi connectivity index (χ0) is 11.6. The molecule has 84 valence electrons. The number of aromatic amines is 1. The van der Waals surface area contributed by atoms with E-state index < -0.39 is 17.8 Å². The van der Waals surface area contributed by atoms with Gasteiger partial charge in [0.1, 0.15) is 9.32 Å². The van der Waals surface area contributed by atoms with Crippen molar-refractivity contribution in [3.8, 4) is 11.6 Å². The number of halogens is 4. The summed E-state index contributed by atoms with van der Waals surface area (Å²) < 4.78 is 44.1. The average molecular weight is 335 g/mol. The standard InChI is InChI=1S/C7H5F3INO3/c1-14-3-2-4(13)12-6(5(3)11)15-7(8,9)10/h2H,1H3,(H,12,13). The Morgan fingerprint density at radius 3 is 2.53 bits per heavy atom. The third-order valence-corrected chi connectivity index (χ3v) is 2.37. The first kappa shape index (κ1) is 12.1. The van der Waals surface area contributed by atoms with Gasteiger partial charge in [-0.1, -0.05) is 0 Å². The minimum atomic E-state index is -4.85. The summed E-state index contributed by atoms with van der Waals surface area (Å²) in [5.74, 6) is -0.647. The Kier molecular flexibility index (Phi) is 3.47. The summed E-state index contributed by atoms with van der Waals surface area (Å²) >= 11 is 1.58. The molecule has 0 aromatic carbocycles. The minimum absolute atomic E-state index is 0.0265. The maximum Gasteiger partial charge on any atom is 0.574 e. The highest BCUT2D eigenvalue weighted by atomic mass is 127. The van der Waals surface area contributed by atoms with E-state index in [2.05, 4.69) is 4.74 Å². The van der Waals surface area contributed by atoms with Gasteiger partial charge in [-0.15, -0.1) is 13.2 Å². The summed E-state index contributed by atoms with van der Waals surface area (Å²) in [5.41, 5.74) is -0.730. The number of hydrogen-bond acceptors (Lipinski definition) is 3. The smallest absolute Gasteiger partial charge is 0.495 e. The molecular weight excluding hydrogens is 330 g/mol. The van der Waals surface area contributed by atoms with Crippen LogP contribution in [0.3, 0.4) is 0 Å². The molecule has 1 rings (SSSR count). The first-order valence-corrected chi connectivity index (χ1v) is 4.64. The Hall–Kier alpha value is -0.930. The molecule has 1 heterocycles. The van der Waals surface area contributed by atoms with E-state index in [0.717, 1.165) is 6.07 Å². The molecule has 1 aromatic rings. The van der Waals surface area contributed by atoms with E-state index in [4.69, 9.17) is 4.74 Å². The van der Waals surface area contributed by atoms with Crippen LogP contribution in [0, 0.1) is 3.57 Å². The second kappa shape index (κ2) is 4.29. The zero-order valence-electron chi connectivity index (χ0n) is 7.31. The number of H-pyrrole nitrogens is 1. The number of methoxy groups -OCH3 is 1. The Balaban J connectivity index is 3.18. The quantitative estimate of drug-likeness (QED) is 0.840. The molecule has 0 aliphatic rings. The second-order valence-corrected chi connectivity index (χ2v) is 3.47. The minimum Gasteiger partial charge on any atom is -0.495 e. The first-order valence-electron chi connectivity index (χ1n) is 3.56. The van der Waals surface area contributed by atoms with E-state index in [1.54, 1.807) is 22.6 Å². The third kappa shape index (κ3) is 3.29. The maximum atomic E-state index is 11.9. The number of alkyl halides is 3. The Bertz CT molecular complexity index is 415. The lowest BCUT2D eigenvalue weighted by Crippen LogP contribution is -2.21. The second-order valence-electron chi connectivity index (χ2n) is 2.39. The van der Waals surface area contributed by atoms with Gasteiger partial charge in [0.25, 0.3) is 5.56 Å². The third-order valence-electron chi connectivity index (χ3n) is 1.35. The molecule has 0 amide bonds. The molecule has 0 fully saturated rings. The van der Waals surface area contributed by atoms with Crippen molar-refractivity contribution >= 4 is 22.6 Å². The van der Waals surface area contributed by atoms with Crippen molar-refractivity contribution in [2.45, 2.75) is 6.36 Å². The molecule has 0 spiro atoms. The Morgan fingerprint density at radius 1 is 1.47 bits per heavy atom. The van der Waals surface area contributed by atoms with Gasteiger partial charge in [0.05, 0.1) is 7.11 Å². The van der Waals surface area contributed by atoms with Gasteiger partial charge in [0, 0.05) is 6.07 Å². The van der Waals surface area contributed by atoms with Gasteiger partial charge in [-0.3, -0.25) is 9.78 Å². The van der Waals surface area contributed by atoms with Crippen LogP contribution in [-0.2, 0) is 0 Å². The van der Waals surface area contributed by atoms with Crippen LogP contribution in [-0.4, -0.2) is 18.5 Å². The molecule has 4 nitrogen and oxygen atoms in total. The van der Waals surface area contributed by atoms with Crippen molar-refractivity contribution in [3.63, 3.8) is 0 Å². The number of aromatic nitrogens is 1. The molecule has 8 heteroatoms. The zero-order valence-corrected chi connectivity index (χ0v) is 9.47. The highest BCUT2D eigenvalue weighted by molar-refractivity contribution is 14.1. The molecule has 0 atom stereocenters. The summed E-state index contributed by atoms with van der Waals surface area (Å²) in [7, 11) is 1.24. The number of rotatable bonds is 2. The monoisotopic (exact) mass is 335 g/mol. The van der Waals surface area contributed by atoms with E-state index in [9.17, 15) is 18.0 Å². The molecule has 0 unspecified atom stereocenters. The highest BCUT2D eigenvalue weighted by Crippen LogP contribution is 2.29. The predicted octanol–water partition coefficient (Wildman–Crippen LogP) is 1.89. The molecule has 0 saturated carbocycles. The van der Waals surface area contributed by atoms with Gasteiger partial charge in [-0.25, -0.2) is 0 Å². The van der Waals surface area contributed by atoms with Gasteiger partial charge in [0.15, 0.2) is 0 Å². The van der Waals surface area contributed by atoms with Crippen LogP contribution in [0.25, 0.3) is 0 Å². The molecule has 0 saturated heterocycles. The number of pyridine rings is 1. The normalized spacial score (nSPS) is 11.3. The van der Waals surface area contributed by atoms with E-state index in [1.165, 1.54) is 7.11 Å². The summed E-state index contributed by atoms with van der Waals surface area (Å²) in [5, 5.41) is 0. The van der Waals surface area contributed by atoms with E-state index in [0.29, 0.717) is 0 Å². The molecule has 15 heavy (non-hydrogen) atoms. The highest BCUT2D eigenvalue weighted by Gasteiger charge is 2.33. The van der Waals surface area contributed by atoms with Gasteiger partial charge in [0.2, 0.25) is 5.88 Å². The Morgan fingerprint density at radius 2 is 2.07 bits per heavy atom. The van der Waals surface area contributed by atoms with E-state index >= 15 is 0 Å². The van der Waals surface area contributed by atoms with Gasteiger partial charge in [-0.2, -0.15) is 0 Å². The van der Waals surface area contributed by atoms with Crippen molar-refractivity contribution < 1.29 is 22.6 Å². The summed E-state index contributed by atoms with van der Waals surface area (Å²) in [6.45, 7) is 0. The first-order chi connectivity index (χ1) is 6.83. The number of ether oxygens (including phenoxy) is 2. The maximum absolute atomic E-state index is 11.9. The van der Waals surface area contributed by atoms with Crippen molar-refractivity contribution in [2.24, 2.45) is 0 Å². The number of nitrogens with one attached hydrogen (secondary N) is 1. The van der Waals surface area contributed by atoms with Crippen LogP contribution in [0.2, 0.25) is 0 Å². The summed E-state index contributed by atoms with van der Waals surface area (Å²) in [6, 6.07) is 1.03. The van der Waals surface area contributed by atoms with Crippen LogP contribution in [0.4, 0.5) is 13.2 Å². The fraction of sp³-hybridized carbons (Fsp3) is 0.286. The molecular formula is C7H5F3INO3. The molecule has 0 aliphatic carbocycles. The van der Waals surface area contributed by atoms with E-state index in [-0.39, 0.29) is 9.32 Å². The molecule has 0 radical (unpaired) electrons. The van der Waals surface area contributed by atoms with Crippen LogP contribution in [0.1, 0.15) is 0 Å². The lowest BCUT2D eigenvalue weighted by molar-refractivity contribution is -0.276. The average Bonchev–Trinajstić information content (AvgIpc) is 2.08. The van der Waals surface area contributed by atoms with Crippen LogP contribution in [0.15, 0.2) is 10.9 Å². The molecule has 1 N–H and O–H groups in total. The van der Waals surface area contributed by atoms with Gasteiger partial charge < -0.3 is 9.47 Å². The lowest BCUT2D eigenvalue weighted by atomic mass is 10.4.